The highest BCUT2D eigenvalue weighted by atomic mass is 32.2. The van der Waals surface area contributed by atoms with Gasteiger partial charge in [0.2, 0.25) is 0 Å². The molecule has 4 N–H and O–H groups in total. The zero-order chi connectivity index (χ0) is 34.7. The molecule has 45 heavy (non-hydrogen) atoms. The van der Waals surface area contributed by atoms with Gasteiger partial charge in [0.1, 0.15) is 11.5 Å². The van der Waals surface area contributed by atoms with E-state index in [9.17, 15) is 30.0 Å². The Bertz CT molecular complexity index is 1360. The van der Waals surface area contributed by atoms with E-state index in [0.717, 1.165) is 68.2 Å². The number of benzene rings is 2. The Morgan fingerprint density at radius 1 is 0.600 bits per heavy atom. The minimum absolute atomic E-state index is 0.265. The molecule has 0 saturated heterocycles. The number of thioether (sulfide) groups is 1. The molecule has 7 heteroatoms. The third-order valence-corrected chi connectivity index (χ3v) is 8.79. The molecule has 0 aliphatic carbocycles. The van der Waals surface area contributed by atoms with Crippen LogP contribution < -0.4 is 0 Å². The summed E-state index contributed by atoms with van der Waals surface area (Å²) in [6.45, 7) is 24.6. The lowest BCUT2D eigenvalue weighted by atomic mass is 9.75. The van der Waals surface area contributed by atoms with Crippen LogP contribution in [0.3, 0.4) is 0 Å². The molecule has 0 aliphatic rings. The molecule has 2 rings (SSSR count). The monoisotopic (exact) mass is 638 g/mol. The Morgan fingerprint density at radius 3 is 1.16 bits per heavy atom. The molecule has 0 atom stereocenters. The fourth-order valence-corrected chi connectivity index (χ4v) is 6.73. The van der Waals surface area contributed by atoms with Gasteiger partial charge in [-0.2, -0.15) is 11.8 Å². The van der Waals surface area contributed by atoms with Crippen molar-refractivity contribution in [3.8, 4) is 11.5 Å². The second-order valence-electron chi connectivity index (χ2n) is 15.9. The van der Waals surface area contributed by atoms with Crippen LogP contribution in [0.25, 0.3) is 12.2 Å². The van der Waals surface area contributed by atoms with Crippen molar-refractivity contribution in [1.29, 1.82) is 0 Å². The standard InChI is InChI=1S/C38H54O6S/c1-35(2,3)27-21-23(13-15-29(39)40)25(31(33(27)43)37(7,8)9)17-19-45-20-18-26-24(14-16-30(41)42)22-28(36(4,5)6)34(44)32(26)38(10,11)12/h13-16,21-22,43-44H,17-20H2,1-12H3,(H,39,40)(H,41,42)/b15-13+,16-14+. The summed E-state index contributed by atoms with van der Waals surface area (Å²) in [5, 5.41) is 41.8. The van der Waals surface area contributed by atoms with E-state index in [-0.39, 0.29) is 33.2 Å². The van der Waals surface area contributed by atoms with Gasteiger partial charge in [-0.25, -0.2) is 9.59 Å². The number of rotatable bonds is 10. The zero-order valence-electron chi connectivity index (χ0n) is 29.3. The van der Waals surface area contributed by atoms with Crippen LogP contribution in [0.2, 0.25) is 0 Å². The topological polar surface area (TPSA) is 115 Å². The van der Waals surface area contributed by atoms with Gasteiger partial charge >= 0.3 is 11.9 Å². The van der Waals surface area contributed by atoms with Crippen LogP contribution in [0.5, 0.6) is 11.5 Å². The number of hydrogen-bond acceptors (Lipinski definition) is 5. The van der Waals surface area contributed by atoms with Gasteiger partial charge in [0.05, 0.1) is 0 Å². The highest BCUT2D eigenvalue weighted by Gasteiger charge is 2.31. The average Bonchev–Trinajstić information content (AvgIpc) is 2.83. The summed E-state index contributed by atoms with van der Waals surface area (Å²) in [5.41, 5.74) is 5.26. The van der Waals surface area contributed by atoms with Crippen molar-refractivity contribution < 1.29 is 30.0 Å². The van der Waals surface area contributed by atoms with Crippen LogP contribution in [-0.4, -0.2) is 43.9 Å². The number of phenolic OH excluding ortho intramolecular Hbond substituents is 2. The minimum atomic E-state index is -1.03. The number of aromatic hydroxyl groups is 2. The van der Waals surface area contributed by atoms with E-state index in [1.54, 1.807) is 23.9 Å². The second-order valence-corrected chi connectivity index (χ2v) is 17.1. The van der Waals surface area contributed by atoms with Gasteiger partial charge in [-0.15, -0.1) is 0 Å². The highest BCUT2D eigenvalue weighted by Crippen LogP contribution is 2.45. The maximum atomic E-state index is 11.5. The summed E-state index contributed by atoms with van der Waals surface area (Å²) in [7, 11) is 0. The number of carbonyl (C=O) groups is 2. The van der Waals surface area contributed by atoms with Crippen molar-refractivity contribution in [3.05, 3.63) is 68.8 Å². The molecule has 0 bridgehead atoms. The Kier molecular flexibility index (Phi) is 11.9. The summed E-state index contributed by atoms with van der Waals surface area (Å²) in [5.74, 6) is -0.0733. The highest BCUT2D eigenvalue weighted by molar-refractivity contribution is 7.99. The Labute approximate surface area is 274 Å². The summed E-state index contributed by atoms with van der Waals surface area (Å²) in [4.78, 5) is 22.9. The Hall–Kier alpha value is -3.19. The fraction of sp³-hybridized carbons (Fsp3) is 0.526. The molecular formula is C38H54O6S. The molecule has 248 valence electrons. The van der Waals surface area contributed by atoms with Gasteiger partial charge < -0.3 is 20.4 Å². The van der Waals surface area contributed by atoms with E-state index in [2.05, 4.69) is 41.5 Å². The predicted molar refractivity (Wildman–Crippen MR) is 189 cm³/mol. The number of carboxylic acids is 2. The van der Waals surface area contributed by atoms with Crippen molar-refractivity contribution in [2.45, 2.75) is 118 Å². The Balaban J connectivity index is 2.54. The van der Waals surface area contributed by atoms with E-state index in [1.165, 1.54) is 0 Å². The second kappa shape index (κ2) is 14.1. The van der Waals surface area contributed by atoms with Gasteiger partial charge in [-0.05, 0) is 92.5 Å². The smallest absolute Gasteiger partial charge is 0.328 e. The third-order valence-electron chi connectivity index (χ3n) is 7.80. The van der Waals surface area contributed by atoms with E-state index in [4.69, 9.17) is 0 Å². The Morgan fingerprint density at radius 2 is 0.911 bits per heavy atom. The van der Waals surface area contributed by atoms with Crippen LogP contribution in [0.1, 0.15) is 128 Å². The first-order valence-electron chi connectivity index (χ1n) is 15.6. The quantitative estimate of drug-likeness (QED) is 0.152. The van der Waals surface area contributed by atoms with Crippen molar-refractivity contribution in [2.75, 3.05) is 11.5 Å². The fourth-order valence-electron chi connectivity index (χ4n) is 5.83. The average molecular weight is 639 g/mol. The number of carboxylic acid groups (broad SMARTS) is 2. The molecule has 0 amide bonds. The SMILES string of the molecule is CC(C)(C)c1cc(/C=C/C(=O)O)c(CCSCCc2c(/C=C/C(=O)O)cc(C(C)(C)C)c(O)c2C(C)(C)C)c(C(C)(C)C)c1O. The number of phenols is 2. The van der Waals surface area contributed by atoms with Crippen molar-refractivity contribution in [3.63, 3.8) is 0 Å². The molecule has 0 heterocycles. The number of aliphatic carboxylic acids is 2. The molecule has 0 saturated carbocycles. The molecule has 0 aromatic heterocycles. The normalized spacial score (nSPS) is 13.2. The van der Waals surface area contributed by atoms with Crippen LogP contribution in [0.4, 0.5) is 0 Å². The molecular weight excluding hydrogens is 584 g/mol. The van der Waals surface area contributed by atoms with Gasteiger partial charge in [-0.1, -0.05) is 83.1 Å². The molecule has 2 aromatic carbocycles. The summed E-state index contributed by atoms with van der Waals surface area (Å²) in [6, 6.07) is 3.83. The van der Waals surface area contributed by atoms with Gasteiger partial charge in [-0.3, -0.25) is 0 Å². The molecule has 6 nitrogen and oxygen atoms in total. The molecule has 0 spiro atoms. The van der Waals surface area contributed by atoms with Gasteiger partial charge in [0, 0.05) is 34.4 Å². The predicted octanol–water partition coefficient (Wildman–Crippen LogP) is 9.00. The lowest BCUT2D eigenvalue weighted by Crippen LogP contribution is -2.21. The van der Waals surface area contributed by atoms with Crippen molar-refractivity contribution in [2.24, 2.45) is 0 Å². The minimum Gasteiger partial charge on any atom is -0.507 e. The van der Waals surface area contributed by atoms with E-state index in [0.29, 0.717) is 12.8 Å². The van der Waals surface area contributed by atoms with Crippen LogP contribution in [-0.2, 0) is 44.1 Å². The van der Waals surface area contributed by atoms with Crippen molar-refractivity contribution in [1.82, 2.24) is 0 Å². The largest absolute Gasteiger partial charge is 0.507 e. The summed E-state index contributed by atoms with van der Waals surface area (Å²) in [6.07, 6.45) is 6.80. The molecule has 0 radical (unpaired) electrons. The van der Waals surface area contributed by atoms with Crippen LogP contribution in [0, 0.1) is 0 Å². The lowest BCUT2D eigenvalue weighted by molar-refractivity contribution is -0.132. The first kappa shape index (κ1) is 38.0. The van der Waals surface area contributed by atoms with E-state index in [1.807, 2.05) is 53.7 Å². The first-order chi connectivity index (χ1) is 20.4. The molecule has 2 aromatic rings. The summed E-state index contributed by atoms with van der Waals surface area (Å²) >= 11 is 1.73. The maximum Gasteiger partial charge on any atom is 0.328 e. The maximum absolute atomic E-state index is 11.5. The lowest BCUT2D eigenvalue weighted by Gasteiger charge is -2.31. The molecule has 0 fully saturated rings. The van der Waals surface area contributed by atoms with Crippen LogP contribution >= 0.6 is 11.8 Å². The first-order valence-corrected chi connectivity index (χ1v) is 16.7. The number of hydrogen-bond donors (Lipinski definition) is 4. The third kappa shape index (κ3) is 9.90. The van der Waals surface area contributed by atoms with E-state index >= 15 is 0 Å². The van der Waals surface area contributed by atoms with Crippen LogP contribution in [0.15, 0.2) is 24.3 Å². The molecule has 0 unspecified atom stereocenters. The van der Waals surface area contributed by atoms with E-state index < -0.39 is 11.9 Å². The summed E-state index contributed by atoms with van der Waals surface area (Å²) < 4.78 is 0. The van der Waals surface area contributed by atoms with Gasteiger partial charge in [0.15, 0.2) is 0 Å². The van der Waals surface area contributed by atoms with Crippen molar-refractivity contribution >= 4 is 35.9 Å². The molecule has 0 aliphatic heterocycles. The zero-order valence-corrected chi connectivity index (χ0v) is 30.1. The van der Waals surface area contributed by atoms with Gasteiger partial charge in [0.25, 0.3) is 0 Å².